The molecule has 5 nitrogen and oxygen atoms in total. The van der Waals surface area contributed by atoms with Crippen molar-refractivity contribution in [2.45, 2.75) is 26.3 Å². The van der Waals surface area contributed by atoms with Crippen LogP contribution in [0, 0.1) is 0 Å². The number of ketones is 1. The highest BCUT2D eigenvalue weighted by Gasteiger charge is 2.09. The molecule has 2 aromatic carbocycles. The van der Waals surface area contributed by atoms with Crippen molar-refractivity contribution in [2.75, 3.05) is 13.7 Å². The first-order valence-corrected chi connectivity index (χ1v) is 9.14. The first-order valence-electron chi connectivity index (χ1n) is 8.39. The lowest BCUT2D eigenvalue weighted by Crippen LogP contribution is -2.23. The third-order valence-corrected chi connectivity index (χ3v) is 4.51. The monoisotopic (exact) mass is 409 g/mol. The number of carbonyl (C=O) groups is 2. The van der Waals surface area contributed by atoms with Gasteiger partial charge in [-0.05, 0) is 48.7 Å². The molecule has 2 aromatic rings. The molecule has 0 saturated carbocycles. The Hall–Kier alpha value is -2.24. The van der Waals surface area contributed by atoms with Gasteiger partial charge in [-0.3, -0.25) is 9.59 Å². The molecule has 1 amide bonds. The summed E-state index contributed by atoms with van der Waals surface area (Å²) in [6.45, 7) is 1.83. The molecule has 0 fully saturated rings. The van der Waals surface area contributed by atoms with Crippen LogP contribution in [0.5, 0.6) is 11.5 Å². The maximum Gasteiger partial charge on any atom is 0.220 e. The standard InChI is InChI=1S/C20H21Cl2NO4/c1-13(24)12-27-18-7-4-14(10-19(18)26-2)5-8-20(25)23-11-15-3-6-16(21)17(22)9-15/h3-4,6-7,9-10H,5,8,11-12H2,1-2H3,(H,23,25). The highest BCUT2D eigenvalue weighted by atomic mass is 35.5. The molecule has 27 heavy (non-hydrogen) atoms. The molecule has 2 rings (SSSR count). The van der Waals surface area contributed by atoms with E-state index in [1.54, 1.807) is 18.2 Å². The fourth-order valence-corrected chi connectivity index (χ4v) is 2.68. The molecule has 0 spiro atoms. The lowest BCUT2D eigenvalue weighted by molar-refractivity contribution is -0.121. The van der Waals surface area contributed by atoms with E-state index in [9.17, 15) is 9.59 Å². The van der Waals surface area contributed by atoms with Crippen LogP contribution in [0.25, 0.3) is 0 Å². The molecule has 0 atom stereocenters. The number of carbonyl (C=O) groups excluding carboxylic acids is 2. The van der Waals surface area contributed by atoms with Gasteiger partial charge in [0.25, 0.3) is 0 Å². The Labute approximate surface area is 168 Å². The van der Waals surface area contributed by atoms with Gasteiger partial charge in [-0.2, -0.15) is 0 Å². The molecule has 0 aromatic heterocycles. The lowest BCUT2D eigenvalue weighted by atomic mass is 10.1. The van der Waals surface area contributed by atoms with Gasteiger partial charge in [0.15, 0.2) is 17.3 Å². The topological polar surface area (TPSA) is 64.6 Å². The van der Waals surface area contributed by atoms with E-state index in [2.05, 4.69) is 5.32 Å². The van der Waals surface area contributed by atoms with Crippen molar-refractivity contribution in [3.63, 3.8) is 0 Å². The van der Waals surface area contributed by atoms with E-state index >= 15 is 0 Å². The fourth-order valence-electron chi connectivity index (χ4n) is 2.36. The van der Waals surface area contributed by atoms with E-state index in [0.717, 1.165) is 11.1 Å². The van der Waals surface area contributed by atoms with Gasteiger partial charge >= 0.3 is 0 Å². The van der Waals surface area contributed by atoms with Crippen molar-refractivity contribution in [1.29, 1.82) is 0 Å². The van der Waals surface area contributed by atoms with Gasteiger partial charge in [-0.15, -0.1) is 0 Å². The van der Waals surface area contributed by atoms with Gasteiger partial charge in [-0.25, -0.2) is 0 Å². The molecule has 0 aliphatic heterocycles. The smallest absolute Gasteiger partial charge is 0.220 e. The largest absolute Gasteiger partial charge is 0.493 e. The highest BCUT2D eigenvalue weighted by molar-refractivity contribution is 6.42. The average Bonchev–Trinajstić information content (AvgIpc) is 2.65. The Morgan fingerprint density at radius 3 is 2.41 bits per heavy atom. The van der Waals surface area contributed by atoms with Crippen LogP contribution in [-0.4, -0.2) is 25.4 Å². The van der Waals surface area contributed by atoms with Crippen molar-refractivity contribution >= 4 is 34.9 Å². The molecule has 144 valence electrons. The second-order valence-corrected chi connectivity index (χ2v) is 6.82. The summed E-state index contributed by atoms with van der Waals surface area (Å²) in [6, 6.07) is 10.7. The number of halogens is 2. The molecule has 0 aliphatic carbocycles. The Morgan fingerprint density at radius 2 is 1.74 bits per heavy atom. The van der Waals surface area contributed by atoms with Crippen molar-refractivity contribution < 1.29 is 19.1 Å². The van der Waals surface area contributed by atoms with E-state index in [1.165, 1.54) is 14.0 Å². The maximum absolute atomic E-state index is 12.1. The number of amides is 1. The van der Waals surface area contributed by atoms with Gasteiger partial charge < -0.3 is 14.8 Å². The van der Waals surface area contributed by atoms with Crippen LogP contribution >= 0.6 is 23.2 Å². The van der Waals surface area contributed by atoms with Crippen molar-refractivity contribution in [3.8, 4) is 11.5 Å². The minimum absolute atomic E-state index is 0.00712. The van der Waals surface area contributed by atoms with E-state index < -0.39 is 0 Å². The van der Waals surface area contributed by atoms with Gasteiger partial charge in [0.05, 0.1) is 17.2 Å². The predicted molar refractivity (Wildman–Crippen MR) is 106 cm³/mol. The highest BCUT2D eigenvalue weighted by Crippen LogP contribution is 2.28. The zero-order valence-corrected chi connectivity index (χ0v) is 16.7. The molecular formula is C20H21Cl2NO4. The van der Waals surface area contributed by atoms with E-state index in [4.69, 9.17) is 32.7 Å². The van der Waals surface area contributed by atoms with Gasteiger partial charge in [-0.1, -0.05) is 35.3 Å². The molecule has 0 aliphatic rings. The summed E-state index contributed by atoms with van der Waals surface area (Å²) in [6.07, 6.45) is 0.884. The third-order valence-electron chi connectivity index (χ3n) is 3.77. The van der Waals surface area contributed by atoms with Gasteiger partial charge in [0.2, 0.25) is 5.91 Å². The Balaban J connectivity index is 1.86. The number of hydrogen-bond acceptors (Lipinski definition) is 4. The van der Waals surface area contributed by atoms with E-state index in [0.29, 0.717) is 40.9 Å². The van der Waals surface area contributed by atoms with Crippen molar-refractivity contribution in [1.82, 2.24) is 5.32 Å². The van der Waals surface area contributed by atoms with Crippen LogP contribution in [0.15, 0.2) is 36.4 Å². The van der Waals surface area contributed by atoms with Crippen LogP contribution in [0.2, 0.25) is 10.0 Å². The average molecular weight is 410 g/mol. The number of benzene rings is 2. The van der Waals surface area contributed by atoms with Crippen molar-refractivity contribution in [2.24, 2.45) is 0 Å². The zero-order chi connectivity index (χ0) is 19.8. The normalized spacial score (nSPS) is 10.4. The predicted octanol–water partition coefficient (Wildman–Crippen LogP) is 4.22. The second kappa shape index (κ2) is 10.2. The van der Waals surface area contributed by atoms with Gasteiger partial charge in [0.1, 0.15) is 6.61 Å². The first-order chi connectivity index (χ1) is 12.9. The quantitative estimate of drug-likeness (QED) is 0.673. The van der Waals surface area contributed by atoms with Crippen LogP contribution in [0.3, 0.4) is 0 Å². The lowest BCUT2D eigenvalue weighted by Gasteiger charge is -2.11. The van der Waals surface area contributed by atoms with Gasteiger partial charge in [0, 0.05) is 13.0 Å². The first kappa shape index (κ1) is 21.1. The molecule has 0 bridgehead atoms. The van der Waals surface area contributed by atoms with Crippen LogP contribution in [0.4, 0.5) is 0 Å². The summed E-state index contributed by atoms with van der Waals surface area (Å²) >= 11 is 11.8. The summed E-state index contributed by atoms with van der Waals surface area (Å²) < 4.78 is 10.7. The number of rotatable bonds is 9. The summed E-state index contributed by atoms with van der Waals surface area (Å²) in [4.78, 5) is 23.1. The van der Waals surface area contributed by atoms with Crippen LogP contribution in [0.1, 0.15) is 24.5 Å². The molecule has 0 radical (unpaired) electrons. The SMILES string of the molecule is COc1cc(CCC(=O)NCc2ccc(Cl)c(Cl)c2)ccc1OCC(C)=O. The number of nitrogens with one attached hydrogen (secondary N) is 1. The molecule has 7 heteroatoms. The van der Waals surface area contributed by atoms with Crippen LogP contribution in [-0.2, 0) is 22.6 Å². The van der Waals surface area contributed by atoms with E-state index in [1.807, 2.05) is 18.2 Å². The maximum atomic E-state index is 12.1. The number of Topliss-reactive ketones (excluding diaryl/α,β-unsaturated/α-hetero) is 1. The second-order valence-electron chi connectivity index (χ2n) is 6.00. The minimum Gasteiger partial charge on any atom is -0.493 e. The zero-order valence-electron chi connectivity index (χ0n) is 15.2. The van der Waals surface area contributed by atoms with Crippen LogP contribution < -0.4 is 14.8 Å². The number of ether oxygens (including phenoxy) is 2. The number of hydrogen-bond donors (Lipinski definition) is 1. The summed E-state index contributed by atoms with van der Waals surface area (Å²) in [5.41, 5.74) is 1.82. The molecule has 0 saturated heterocycles. The summed E-state index contributed by atoms with van der Waals surface area (Å²) in [5, 5.41) is 3.80. The van der Waals surface area contributed by atoms with E-state index in [-0.39, 0.29) is 18.3 Å². The third kappa shape index (κ3) is 6.77. The number of methoxy groups -OCH3 is 1. The Morgan fingerprint density at radius 1 is 1.00 bits per heavy atom. The van der Waals surface area contributed by atoms with Crippen molar-refractivity contribution in [3.05, 3.63) is 57.6 Å². The molecular weight excluding hydrogens is 389 g/mol. The molecule has 0 heterocycles. The number of aryl methyl sites for hydroxylation is 1. The minimum atomic E-state index is -0.0723. The summed E-state index contributed by atoms with van der Waals surface area (Å²) in [5.74, 6) is 0.891. The Bertz CT molecular complexity index is 824. The Kier molecular flexibility index (Phi) is 7.95. The molecule has 1 N–H and O–H groups in total. The summed E-state index contributed by atoms with van der Waals surface area (Å²) in [7, 11) is 1.53. The fraction of sp³-hybridized carbons (Fsp3) is 0.300. The molecule has 0 unspecified atom stereocenters.